The summed E-state index contributed by atoms with van der Waals surface area (Å²) >= 11 is 6.42. The number of amides is 1. The first-order chi connectivity index (χ1) is 13.0. The number of aryl methyl sites for hydroxylation is 3. The lowest BCUT2D eigenvalue weighted by atomic mass is 10.0. The summed E-state index contributed by atoms with van der Waals surface area (Å²) < 4.78 is 3.73. The topological polar surface area (TPSA) is 59.2 Å². The van der Waals surface area contributed by atoms with Crippen LogP contribution in [0.4, 0.5) is 0 Å². The summed E-state index contributed by atoms with van der Waals surface area (Å²) in [6.07, 6.45) is 3.08. The average molecular weight is 391 g/mol. The zero-order valence-corrected chi connectivity index (χ0v) is 17.1. The maximum absolute atomic E-state index is 13.0. The van der Waals surface area contributed by atoms with Crippen molar-refractivity contribution in [1.82, 2.24) is 29.4 Å². The standard InChI is InChI=1S/C19H27ClN6O/c1-4-26-16-7-10-24(11-14-13(2)21-23(3)18(14)20)12-15(16)17(22-26)19(27)25-8-5-6-9-25/h4-12H2,1-3H3. The molecule has 0 aliphatic carbocycles. The van der Waals surface area contributed by atoms with Crippen molar-refractivity contribution >= 4 is 17.5 Å². The third kappa shape index (κ3) is 3.27. The molecule has 1 saturated heterocycles. The minimum Gasteiger partial charge on any atom is -0.337 e. The summed E-state index contributed by atoms with van der Waals surface area (Å²) in [5.41, 5.74) is 4.99. The van der Waals surface area contributed by atoms with Crippen LogP contribution in [0.15, 0.2) is 0 Å². The first-order valence-corrected chi connectivity index (χ1v) is 10.2. The average Bonchev–Trinajstić information content (AvgIpc) is 3.36. The zero-order chi connectivity index (χ0) is 19.1. The van der Waals surface area contributed by atoms with Crippen molar-refractivity contribution in [2.75, 3.05) is 19.6 Å². The number of rotatable bonds is 4. The first kappa shape index (κ1) is 18.5. The predicted octanol–water partition coefficient (Wildman–Crippen LogP) is 2.39. The smallest absolute Gasteiger partial charge is 0.274 e. The van der Waals surface area contributed by atoms with Crippen molar-refractivity contribution in [3.8, 4) is 0 Å². The van der Waals surface area contributed by atoms with Crippen molar-refractivity contribution in [2.45, 2.75) is 52.7 Å². The van der Waals surface area contributed by atoms with Gasteiger partial charge in [-0.1, -0.05) is 11.6 Å². The summed E-state index contributed by atoms with van der Waals surface area (Å²) in [4.78, 5) is 17.3. The molecule has 2 aliphatic heterocycles. The fraction of sp³-hybridized carbons (Fsp3) is 0.632. The summed E-state index contributed by atoms with van der Waals surface area (Å²) in [6, 6.07) is 0. The summed E-state index contributed by atoms with van der Waals surface area (Å²) in [5, 5.41) is 9.80. The van der Waals surface area contributed by atoms with Crippen LogP contribution in [0, 0.1) is 6.92 Å². The van der Waals surface area contributed by atoms with Crippen LogP contribution in [-0.2, 0) is 33.1 Å². The van der Waals surface area contributed by atoms with Gasteiger partial charge in [0.05, 0.1) is 5.69 Å². The number of carbonyl (C=O) groups is 1. The van der Waals surface area contributed by atoms with Gasteiger partial charge in [-0.15, -0.1) is 0 Å². The van der Waals surface area contributed by atoms with E-state index >= 15 is 0 Å². The van der Waals surface area contributed by atoms with E-state index in [4.69, 9.17) is 16.7 Å². The van der Waals surface area contributed by atoms with Gasteiger partial charge in [0.25, 0.3) is 5.91 Å². The van der Waals surface area contributed by atoms with Crippen molar-refractivity contribution in [1.29, 1.82) is 0 Å². The molecule has 1 fully saturated rings. The second-order valence-corrected chi connectivity index (χ2v) is 7.89. The highest BCUT2D eigenvalue weighted by atomic mass is 35.5. The van der Waals surface area contributed by atoms with Gasteiger partial charge in [-0.2, -0.15) is 10.2 Å². The fourth-order valence-electron chi connectivity index (χ4n) is 4.26. The van der Waals surface area contributed by atoms with Gasteiger partial charge in [0.1, 0.15) is 5.15 Å². The molecule has 0 bridgehead atoms. The lowest BCUT2D eigenvalue weighted by Crippen LogP contribution is -2.33. The highest BCUT2D eigenvalue weighted by molar-refractivity contribution is 6.30. The number of likely N-dealkylation sites (tertiary alicyclic amines) is 1. The molecule has 0 radical (unpaired) electrons. The van der Waals surface area contributed by atoms with E-state index in [-0.39, 0.29) is 5.91 Å². The molecule has 1 amide bonds. The van der Waals surface area contributed by atoms with E-state index in [1.165, 1.54) is 5.69 Å². The predicted molar refractivity (Wildman–Crippen MR) is 104 cm³/mol. The van der Waals surface area contributed by atoms with Crippen LogP contribution in [0.1, 0.15) is 52.8 Å². The van der Waals surface area contributed by atoms with Crippen LogP contribution < -0.4 is 0 Å². The van der Waals surface area contributed by atoms with Crippen molar-refractivity contribution in [2.24, 2.45) is 7.05 Å². The Labute approximate surface area is 164 Å². The van der Waals surface area contributed by atoms with E-state index in [1.807, 2.05) is 23.6 Å². The SMILES string of the molecule is CCn1nc(C(=O)N2CCCC2)c2c1CCN(Cc1c(C)nn(C)c1Cl)C2. The van der Waals surface area contributed by atoms with Crippen molar-refractivity contribution in [3.05, 3.63) is 33.4 Å². The number of nitrogens with zero attached hydrogens (tertiary/aromatic N) is 6. The highest BCUT2D eigenvalue weighted by Crippen LogP contribution is 2.28. The molecule has 0 aromatic carbocycles. The van der Waals surface area contributed by atoms with Crippen LogP contribution in [0.2, 0.25) is 5.15 Å². The third-order valence-corrected chi connectivity index (χ3v) is 6.23. The molecule has 0 N–H and O–H groups in total. The van der Waals surface area contributed by atoms with Crippen molar-refractivity contribution in [3.63, 3.8) is 0 Å². The molecule has 4 heterocycles. The summed E-state index contributed by atoms with van der Waals surface area (Å²) in [6.45, 7) is 8.98. The number of hydrogen-bond donors (Lipinski definition) is 0. The summed E-state index contributed by atoms with van der Waals surface area (Å²) in [7, 11) is 1.87. The third-order valence-electron chi connectivity index (χ3n) is 5.76. The van der Waals surface area contributed by atoms with E-state index in [2.05, 4.69) is 16.9 Å². The number of fused-ring (bicyclic) bond motifs is 1. The van der Waals surface area contributed by atoms with Gasteiger partial charge < -0.3 is 4.90 Å². The fourth-order valence-corrected chi connectivity index (χ4v) is 4.50. The van der Waals surface area contributed by atoms with Crippen LogP contribution >= 0.6 is 11.6 Å². The molecule has 0 saturated carbocycles. The Morgan fingerprint density at radius 2 is 1.93 bits per heavy atom. The van der Waals surface area contributed by atoms with Crippen molar-refractivity contribution < 1.29 is 4.79 Å². The van der Waals surface area contributed by atoms with Gasteiger partial charge in [0.2, 0.25) is 0 Å². The number of hydrogen-bond acceptors (Lipinski definition) is 4. The summed E-state index contributed by atoms with van der Waals surface area (Å²) in [5.74, 6) is 0.0911. The molecule has 27 heavy (non-hydrogen) atoms. The van der Waals surface area contributed by atoms with Crippen LogP contribution in [0.5, 0.6) is 0 Å². The Morgan fingerprint density at radius 3 is 2.56 bits per heavy atom. The van der Waals surface area contributed by atoms with E-state index in [9.17, 15) is 4.79 Å². The maximum atomic E-state index is 13.0. The monoisotopic (exact) mass is 390 g/mol. The second kappa shape index (κ2) is 7.28. The maximum Gasteiger partial charge on any atom is 0.274 e. The number of halogens is 1. The van der Waals surface area contributed by atoms with Gasteiger partial charge in [-0.05, 0) is 26.7 Å². The van der Waals surface area contributed by atoms with E-state index in [1.54, 1.807) is 4.68 Å². The van der Waals surface area contributed by atoms with Gasteiger partial charge in [-0.3, -0.25) is 19.1 Å². The van der Waals surface area contributed by atoms with E-state index < -0.39 is 0 Å². The Balaban J connectivity index is 1.61. The molecule has 0 unspecified atom stereocenters. The largest absolute Gasteiger partial charge is 0.337 e. The quantitative estimate of drug-likeness (QED) is 0.804. The van der Waals surface area contributed by atoms with E-state index in [0.717, 1.165) is 75.4 Å². The molecule has 2 aromatic heterocycles. The first-order valence-electron chi connectivity index (χ1n) is 9.77. The Bertz CT molecular complexity index is 864. The lowest BCUT2D eigenvalue weighted by molar-refractivity contribution is 0.0783. The molecule has 146 valence electrons. The molecule has 7 nitrogen and oxygen atoms in total. The molecular formula is C19H27ClN6O. The molecule has 0 spiro atoms. The molecule has 2 aliphatic rings. The van der Waals surface area contributed by atoms with E-state index in [0.29, 0.717) is 10.8 Å². The van der Waals surface area contributed by atoms with Crippen LogP contribution in [0.25, 0.3) is 0 Å². The minimum absolute atomic E-state index is 0.0911. The molecular weight excluding hydrogens is 364 g/mol. The molecule has 8 heteroatoms. The molecule has 4 rings (SSSR count). The number of aromatic nitrogens is 4. The van der Waals surface area contributed by atoms with Gasteiger partial charge in [0.15, 0.2) is 5.69 Å². The molecule has 2 aromatic rings. The van der Waals surface area contributed by atoms with Crippen LogP contribution in [0.3, 0.4) is 0 Å². The Morgan fingerprint density at radius 1 is 1.19 bits per heavy atom. The van der Waals surface area contributed by atoms with Gasteiger partial charge in [0, 0.05) is 69.6 Å². The highest BCUT2D eigenvalue weighted by Gasteiger charge is 2.31. The lowest BCUT2D eigenvalue weighted by Gasteiger charge is -2.28. The van der Waals surface area contributed by atoms with Crippen LogP contribution in [-0.4, -0.2) is 54.9 Å². The molecule has 0 atom stereocenters. The second-order valence-electron chi connectivity index (χ2n) is 7.53. The minimum atomic E-state index is 0.0911. The Kier molecular flexibility index (Phi) is 4.99. The normalized spacial score (nSPS) is 17.6. The number of carbonyl (C=O) groups excluding carboxylic acids is 1. The Hall–Kier alpha value is -1.86. The van der Waals surface area contributed by atoms with Gasteiger partial charge in [-0.25, -0.2) is 0 Å². The zero-order valence-electron chi connectivity index (χ0n) is 16.3. The van der Waals surface area contributed by atoms with Gasteiger partial charge >= 0.3 is 0 Å².